The van der Waals surface area contributed by atoms with Crippen LogP contribution < -0.4 is 5.19 Å². The molecule has 1 saturated heterocycles. The summed E-state index contributed by atoms with van der Waals surface area (Å²) >= 11 is 0. The zero-order valence-electron chi connectivity index (χ0n) is 18.9. The molecule has 0 atom stereocenters. The van der Waals surface area contributed by atoms with E-state index in [9.17, 15) is 0 Å². The summed E-state index contributed by atoms with van der Waals surface area (Å²) in [6, 6.07) is 10.8. The van der Waals surface area contributed by atoms with Gasteiger partial charge in [0, 0.05) is 12.8 Å². The van der Waals surface area contributed by atoms with Gasteiger partial charge in [0.25, 0.3) is 0 Å². The number of benzene rings is 1. The molecule has 0 aromatic heterocycles. The monoisotopic (exact) mass is 396 g/mol. The van der Waals surface area contributed by atoms with Gasteiger partial charge in [-0.3, -0.25) is 0 Å². The predicted molar refractivity (Wildman–Crippen MR) is 124 cm³/mol. The van der Waals surface area contributed by atoms with Crippen molar-refractivity contribution in [3.05, 3.63) is 41.5 Å². The first kappa shape index (κ1) is 23.0. The summed E-state index contributed by atoms with van der Waals surface area (Å²) < 4.78 is 12.8. The molecule has 0 bridgehead atoms. The second kappa shape index (κ2) is 9.48. The van der Waals surface area contributed by atoms with Crippen LogP contribution >= 0.6 is 0 Å². The first-order chi connectivity index (χ1) is 13.1. The molecule has 4 heteroatoms. The van der Waals surface area contributed by atoms with Crippen LogP contribution in [-0.4, -0.2) is 26.4 Å². The predicted octanol–water partition coefficient (Wildman–Crippen LogP) is 5.67. The summed E-state index contributed by atoms with van der Waals surface area (Å²) in [7, 11) is -2.03. The molecule has 0 amide bonds. The second-order valence-corrected chi connectivity index (χ2v) is 13.7. The summed E-state index contributed by atoms with van der Waals surface area (Å²) in [5.41, 5.74) is 3.09. The molecule has 1 aliphatic rings. The largest absolute Gasteiger partial charge is 0.489 e. The fourth-order valence-corrected chi connectivity index (χ4v) is 5.74. The molecule has 152 valence electrons. The highest BCUT2D eigenvalue weighted by atomic mass is 28.3. The summed E-state index contributed by atoms with van der Waals surface area (Å²) in [6.07, 6.45) is 5.14. The van der Waals surface area contributed by atoms with E-state index in [1.54, 1.807) is 0 Å². The minimum absolute atomic E-state index is 0.280. The lowest BCUT2D eigenvalue weighted by Gasteiger charge is -2.32. The third kappa shape index (κ3) is 5.86. The van der Waals surface area contributed by atoms with Gasteiger partial charge >= 0.3 is 7.12 Å². The van der Waals surface area contributed by atoms with Gasteiger partial charge < -0.3 is 9.31 Å². The minimum atomic E-state index is -1.75. The lowest BCUT2D eigenvalue weighted by atomic mass is 9.77. The van der Waals surface area contributed by atoms with Gasteiger partial charge in [-0.25, -0.2) is 0 Å². The Morgan fingerprint density at radius 2 is 1.57 bits per heavy atom. The van der Waals surface area contributed by atoms with Crippen molar-refractivity contribution in [3.63, 3.8) is 0 Å². The van der Waals surface area contributed by atoms with Gasteiger partial charge in [-0.15, -0.1) is 11.8 Å². The second-order valence-electron chi connectivity index (χ2n) is 9.35. The van der Waals surface area contributed by atoms with Crippen LogP contribution in [0.1, 0.15) is 66.7 Å². The highest BCUT2D eigenvalue weighted by Gasteiger charge is 2.52. The third-order valence-electron chi connectivity index (χ3n) is 5.94. The Labute approximate surface area is 174 Å². The van der Waals surface area contributed by atoms with Crippen molar-refractivity contribution in [1.82, 2.24) is 0 Å². The zero-order valence-corrected chi connectivity index (χ0v) is 19.9. The van der Waals surface area contributed by atoms with Crippen molar-refractivity contribution < 1.29 is 9.31 Å². The average Bonchev–Trinajstić information content (AvgIpc) is 2.85. The van der Waals surface area contributed by atoms with Gasteiger partial charge in [-0.05, 0) is 46.0 Å². The van der Waals surface area contributed by atoms with Crippen LogP contribution in [-0.2, 0) is 9.31 Å². The summed E-state index contributed by atoms with van der Waals surface area (Å²) in [6.45, 7) is 15.5. The molecule has 28 heavy (non-hydrogen) atoms. The Morgan fingerprint density at radius 1 is 1.00 bits per heavy atom. The Kier molecular flexibility index (Phi) is 7.79. The highest BCUT2D eigenvalue weighted by molar-refractivity contribution is 6.94. The molecular weight excluding hydrogens is 359 g/mol. The van der Waals surface area contributed by atoms with Gasteiger partial charge in [-0.1, -0.05) is 67.7 Å². The van der Waals surface area contributed by atoms with E-state index < -0.39 is 8.07 Å². The number of unbranched alkanes of at least 4 members (excludes halogenated alkanes) is 2. The molecule has 1 aliphatic heterocycles. The maximum atomic E-state index is 6.39. The molecule has 1 aromatic carbocycles. The van der Waals surface area contributed by atoms with Crippen molar-refractivity contribution in [3.8, 4) is 11.8 Å². The normalized spacial score (nSPS) is 18.7. The van der Waals surface area contributed by atoms with Crippen LogP contribution in [0.4, 0.5) is 0 Å². The quantitative estimate of drug-likeness (QED) is 0.336. The van der Waals surface area contributed by atoms with E-state index in [-0.39, 0.29) is 18.3 Å². The lowest BCUT2D eigenvalue weighted by Crippen LogP contribution is -2.41. The van der Waals surface area contributed by atoms with Crippen LogP contribution in [0.15, 0.2) is 41.5 Å². The van der Waals surface area contributed by atoms with Gasteiger partial charge in [-0.2, -0.15) is 0 Å². The minimum Gasteiger partial charge on any atom is -0.400 e. The van der Waals surface area contributed by atoms with E-state index in [1.807, 2.05) is 0 Å². The third-order valence-corrected chi connectivity index (χ3v) is 8.85. The molecule has 1 heterocycles. The SMILES string of the molecule is CCCCC#CCC/C(=C/[Si](C)(C)c1ccccc1)B1OC(C)(C)C(C)(C)O1. The van der Waals surface area contributed by atoms with E-state index in [1.165, 1.54) is 23.5 Å². The average molecular weight is 396 g/mol. The molecule has 0 N–H and O–H groups in total. The van der Waals surface area contributed by atoms with Gasteiger partial charge in [0.1, 0.15) is 8.07 Å². The molecule has 0 spiro atoms. The maximum Gasteiger partial charge on any atom is 0.489 e. The standard InChI is InChI=1S/C24H37BO2Si/c1-8-9-10-11-12-14-17-21(25-26-23(2,3)24(4,5)27-25)20-28(6,7)22-18-15-13-16-19-22/h13,15-16,18-20H,8-10,14,17H2,1-7H3/b21-20-. The Morgan fingerprint density at radius 3 is 2.14 bits per heavy atom. The smallest absolute Gasteiger partial charge is 0.400 e. The van der Waals surface area contributed by atoms with E-state index in [2.05, 4.69) is 95.6 Å². The van der Waals surface area contributed by atoms with Gasteiger partial charge in [0.05, 0.1) is 11.2 Å². The lowest BCUT2D eigenvalue weighted by molar-refractivity contribution is 0.00578. The molecule has 2 rings (SSSR count). The first-order valence-electron chi connectivity index (χ1n) is 10.7. The number of hydrogen-bond acceptors (Lipinski definition) is 2. The van der Waals surface area contributed by atoms with Crippen molar-refractivity contribution in [1.29, 1.82) is 0 Å². The van der Waals surface area contributed by atoms with Crippen molar-refractivity contribution in [2.24, 2.45) is 0 Å². The number of allylic oxidation sites excluding steroid dienone is 1. The summed E-state index contributed by atoms with van der Waals surface area (Å²) in [5, 5.41) is 1.43. The van der Waals surface area contributed by atoms with E-state index >= 15 is 0 Å². The van der Waals surface area contributed by atoms with E-state index in [0.29, 0.717) is 0 Å². The van der Waals surface area contributed by atoms with E-state index in [4.69, 9.17) is 9.31 Å². The van der Waals surface area contributed by atoms with Gasteiger partial charge in [0.15, 0.2) is 0 Å². The molecule has 0 aliphatic carbocycles. The first-order valence-corrected chi connectivity index (χ1v) is 13.8. The Hall–Kier alpha value is -1.28. The molecular formula is C24H37BO2Si. The zero-order chi connectivity index (χ0) is 20.8. The summed E-state index contributed by atoms with van der Waals surface area (Å²) in [4.78, 5) is 0. The highest BCUT2D eigenvalue weighted by Crippen LogP contribution is 2.39. The van der Waals surface area contributed by atoms with Crippen molar-refractivity contribution in [2.45, 2.75) is 91.0 Å². The molecule has 0 radical (unpaired) electrons. The fraction of sp³-hybridized carbons (Fsp3) is 0.583. The molecule has 0 saturated carbocycles. The fourth-order valence-electron chi connectivity index (χ4n) is 3.32. The topological polar surface area (TPSA) is 18.5 Å². The molecule has 1 fully saturated rings. The van der Waals surface area contributed by atoms with Crippen LogP contribution in [0.25, 0.3) is 0 Å². The molecule has 0 unspecified atom stereocenters. The Bertz CT molecular complexity index is 710. The maximum absolute atomic E-state index is 6.39. The number of hydrogen-bond donors (Lipinski definition) is 0. The van der Waals surface area contributed by atoms with Crippen molar-refractivity contribution >= 4 is 20.4 Å². The van der Waals surface area contributed by atoms with Crippen molar-refractivity contribution in [2.75, 3.05) is 0 Å². The van der Waals surface area contributed by atoms with Crippen LogP contribution in [0.5, 0.6) is 0 Å². The van der Waals surface area contributed by atoms with Crippen LogP contribution in [0.3, 0.4) is 0 Å². The van der Waals surface area contributed by atoms with E-state index in [0.717, 1.165) is 19.3 Å². The molecule has 1 aromatic rings. The van der Waals surface area contributed by atoms with Gasteiger partial charge in [0.2, 0.25) is 0 Å². The summed E-state index contributed by atoms with van der Waals surface area (Å²) in [5.74, 6) is 6.67. The van der Waals surface area contributed by atoms with Crippen LogP contribution in [0.2, 0.25) is 13.1 Å². The number of rotatable bonds is 7. The Balaban J connectivity index is 2.25. The van der Waals surface area contributed by atoms with Crippen LogP contribution in [0, 0.1) is 11.8 Å². The molecule has 2 nitrogen and oxygen atoms in total.